The summed E-state index contributed by atoms with van der Waals surface area (Å²) in [5.41, 5.74) is -0.523. The Morgan fingerprint density at radius 3 is 1.32 bits per heavy atom. The van der Waals surface area contributed by atoms with Crippen molar-refractivity contribution in [1.29, 1.82) is 0 Å². The molecule has 0 bridgehead atoms. The lowest BCUT2D eigenvalue weighted by atomic mass is 9.86. The maximum atomic E-state index is 15.5. The Bertz CT molecular complexity index is 4730. The van der Waals surface area contributed by atoms with Crippen LogP contribution in [0.5, 0.6) is 11.5 Å². The minimum Gasteiger partial charge on any atom is -0.489 e. The highest BCUT2D eigenvalue weighted by Crippen LogP contribution is 2.33. The van der Waals surface area contributed by atoms with Crippen molar-refractivity contribution < 1.29 is 43.1 Å². The van der Waals surface area contributed by atoms with E-state index in [-0.39, 0.29) is 64.2 Å². The topological polar surface area (TPSA) is 295 Å². The van der Waals surface area contributed by atoms with Gasteiger partial charge >= 0.3 is 5.97 Å². The highest BCUT2D eigenvalue weighted by atomic mass is 19.1. The summed E-state index contributed by atoms with van der Waals surface area (Å²) in [4.78, 5) is 74.0. The van der Waals surface area contributed by atoms with Crippen LogP contribution in [0.3, 0.4) is 0 Å². The van der Waals surface area contributed by atoms with E-state index in [0.717, 1.165) is 29.9 Å². The second-order valence-corrected chi connectivity index (χ2v) is 25.6. The van der Waals surface area contributed by atoms with Gasteiger partial charge in [-0.15, -0.1) is 0 Å². The average Bonchev–Trinajstić information content (AvgIpc) is 0.769. The zero-order valence-electron chi connectivity index (χ0n) is 53.7. The fraction of sp³-hybridized carbons (Fsp3) is 0.309. The van der Waals surface area contributed by atoms with Gasteiger partial charge in [-0.1, -0.05) is 65.8 Å². The van der Waals surface area contributed by atoms with Gasteiger partial charge in [-0.05, 0) is 122 Å². The van der Waals surface area contributed by atoms with Gasteiger partial charge in [-0.25, -0.2) is 28.1 Å². The zero-order chi connectivity index (χ0) is 67.6. The first-order valence-electron chi connectivity index (χ1n) is 29.4. The lowest BCUT2D eigenvalue weighted by Crippen LogP contribution is -2.27. The van der Waals surface area contributed by atoms with Crippen LogP contribution in [0.4, 0.5) is 31.8 Å². The van der Waals surface area contributed by atoms with E-state index in [1.165, 1.54) is 70.1 Å². The van der Waals surface area contributed by atoms with Gasteiger partial charge in [-0.2, -0.15) is 29.8 Å². The molecule has 0 atom stereocenters. The number of hydrogen-bond acceptors (Lipinski definition) is 19. The molecule has 0 radical (unpaired) electrons. The summed E-state index contributed by atoms with van der Waals surface area (Å²) in [6.45, 7) is 18.9. The van der Waals surface area contributed by atoms with Crippen LogP contribution < -0.4 is 42.3 Å². The first kappa shape index (κ1) is 67.0. The Labute approximate surface area is 532 Å². The Kier molecular flexibility index (Phi) is 19.1. The van der Waals surface area contributed by atoms with Gasteiger partial charge in [0.25, 0.3) is 22.2 Å². The van der Waals surface area contributed by atoms with E-state index in [9.17, 15) is 39.3 Å². The molecule has 0 saturated carbocycles. The van der Waals surface area contributed by atoms with Crippen LogP contribution in [0.15, 0.2) is 141 Å². The first-order valence-corrected chi connectivity index (χ1v) is 29.4. The predicted octanol–water partition coefficient (Wildman–Crippen LogP) is 9.30. The van der Waals surface area contributed by atoms with Crippen LogP contribution in [0.2, 0.25) is 0 Å². The average molecular weight is 1270 g/mol. The smallest absolute Gasteiger partial charge is 0.302 e. The third kappa shape index (κ3) is 15.5. The molecular formula is C68H72F2N12O11. The molecule has 93 heavy (non-hydrogen) atoms. The van der Waals surface area contributed by atoms with Crippen molar-refractivity contribution in [3.63, 3.8) is 0 Å². The summed E-state index contributed by atoms with van der Waals surface area (Å²) in [6.07, 6.45) is 5.79. The van der Waals surface area contributed by atoms with Crippen LogP contribution in [0, 0.1) is 11.6 Å². The number of halogens is 2. The van der Waals surface area contributed by atoms with Crippen molar-refractivity contribution in [2.24, 2.45) is 14.1 Å². The van der Waals surface area contributed by atoms with Crippen molar-refractivity contribution >= 4 is 50.5 Å². The number of hydrogen-bond donors (Lipinski definition) is 5. The van der Waals surface area contributed by atoms with Gasteiger partial charge in [0, 0.05) is 54.0 Å². The highest BCUT2D eigenvalue weighted by Gasteiger charge is 2.25. The molecule has 0 fully saturated rings. The standard InChI is InChI=1S/C35H37FN6O6.C33H35FN6O5/c1-20(43)47-18-25-24(9-8-10-29(25)42-33(45)31-21(16-38-42)13-22(14-26(31)36)34(2,3)4)27-15-28(32(44)41(7)40-27)39-30-12-11-23(17-37-30)48-19-35(5,6)46;1-32(2,3)20-12-19-15-36-40(31(43)29(19)24(34)13-20)27-9-7-8-22(23(27)17-41)25-14-26(30(42)39(6)38-25)37-28-11-10-21(16-35-28)45-18-33(4,5)44/h8-17,46H,18-19H2,1-7H3,(H,37,39);7-16,41,44H,17-18H2,1-6H3,(H,35,37). The fourth-order valence-electron chi connectivity index (χ4n) is 9.73. The number of esters is 1. The number of aryl methyl sites for hydroxylation is 2. The largest absolute Gasteiger partial charge is 0.489 e. The van der Waals surface area contributed by atoms with Gasteiger partial charge < -0.3 is 40.2 Å². The molecule has 0 aliphatic rings. The molecule has 0 aliphatic carbocycles. The number of carbonyl (C=O) groups is 1. The van der Waals surface area contributed by atoms with Gasteiger partial charge in [-0.3, -0.25) is 24.0 Å². The third-order valence-corrected chi connectivity index (χ3v) is 14.6. The number of fused-ring (bicyclic) bond motifs is 2. The number of rotatable bonds is 17. The molecular weight excluding hydrogens is 1200 g/mol. The Hall–Kier alpha value is -10.4. The zero-order valence-corrected chi connectivity index (χ0v) is 53.7. The van der Waals surface area contributed by atoms with Crippen LogP contribution >= 0.6 is 0 Å². The molecule has 4 aromatic carbocycles. The number of pyridine rings is 2. The summed E-state index contributed by atoms with van der Waals surface area (Å²) in [7, 11) is 2.97. The lowest BCUT2D eigenvalue weighted by molar-refractivity contribution is -0.142. The van der Waals surface area contributed by atoms with Gasteiger partial charge in [0.15, 0.2) is 0 Å². The quantitative estimate of drug-likeness (QED) is 0.0530. The Morgan fingerprint density at radius 2 is 0.957 bits per heavy atom. The molecule has 25 heteroatoms. The molecule has 23 nitrogen and oxygen atoms in total. The minimum absolute atomic E-state index is 0.0678. The number of ether oxygens (including phenoxy) is 3. The molecule has 5 N–H and O–H groups in total. The number of carbonyl (C=O) groups excluding carboxylic acids is 1. The normalized spacial score (nSPS) is 11.9. The monoisotopic (exact) mass is 1270 g/mol. The number of aliphatic hydroxyl groups is 3. The number of anilines is 4. The molecule has 0 unspecified atom stereocenters. The van der Waals surface area contributed by atoms with E-state index >= 15 is 8.78 Å². The Balaban J connectivity index is 0.000000220. The van der Waals surface area contributed by atoms with Crippen LogP contribution in [0.25, 0.3) is 55.4 Å². The second kappa shape index (κ2) is 26.5. The van der Waals surface area contributed by atoms with Crippen molar-refractivity contribution in [2.75, 3.05) is 23.8 Å². The summed E-state index contributed by atoms with van der Waals surface area (Å²) >= 11 is 0. The number of aromatic nitrogens is 10. The van der Waals surface area contributed by atoms with E-state index in [0.29, 0.717) is 67.5 Å². The second-order valence-electron chi connectivity index (χ2n) is 25.6. The van der Waals surface area contributed by atoms with E-state index < -0.39 is 57.6 Å². The van der Waals surface area contributed by atoms with Gasteiger partial charge in [0.1, 0.15) is 66.0 Å². The summed E-state index contributed by atoms with van der Waals surface area (Å²) in [5.74, 6) is -0.297. The molecule has 484 valence electrons. The van der Waals surface area contributed by atoms with E-state index in [1.54, 1.807) is 100 Å². The summed E-state index contributed by atoms with van der Waals surface area (Å²) in [5, 5.41) is 54.3. The molecule has 6 heterocycles. The molecule has 0 saturated heterocycles. The van der Waals surface area contributed by atoms with E-state index in [2.05, 4.69) is 41.0 Å². The maximum Gasteiger partial charge on any atom is 0.302 e. The van der Waals surface area contributed by atoms with E-state index in [4.69, 9.17) is 14.2 Å². The molecule has 10 rings (SSSR count). The van der Waals surface area contributed by atoms with Crippen molar-refractivity contribution in [1.82, 2.24) is 49.1 Å². The molecule has 0 amide bonds. The van der Waals surface area contributed by atoms with Gasteiger partial charge in [0.2, 0.25) is 0 Å². The third-order valence-electron chi connectivity index (χ3n) is 14.6. The van der Waals surface area contributed by atoms with Gasteiger partial charge in [0.05, 0.1) is 76.1 Å². The number of aliphatic hydroxyl groups excluding tert-OH is 1. The highest BCUT2D eigenvalue weighted by molar-refractivity contribution is 5.84. The van der Waals surface area contributed by atoms with Crippen molar-refractivity contribution in [3.05, 3.63) is 197 Å². The van der Waals surface area contributed by atoms with Crippen LogP contribution in [-0.2, 0) is 47.7 Å². The first-order chi connectivity index (χ1) is 43.7. The number of benzene rings is 4. The number of nitrogens with one attached hydrogen (secondary N) is 2. The lowest BCUT2D eigenvalue weighted by Gasteiger charge is -2.20. The number of nitrogens with zero attached hydrogens (tertiary/aromatic N) is 10. The Morgan fingerprint density at radius 1 is 0.548 bits per heavy atom. The predicted molar refractivity (Wildman–Crippen MR) is 349 cm³/mol. The van der Waals surface area contributed by atoms with E-state index in [1.807, 2.05) is 41.5 Å². The van der Waals surface area contributed by atoms with Crippen molar-refractivity contribution in [2.45, 2.75) is 111 Å². The molecule has 0 aliphatic heterocycles. The van der Waals surface area contributed by atoms with Crippen molar-refractivity contribution in [3.8, 4) is 45.4 Å². The van der Waals surface area contributed by atoms with Crippen LogP contribution in [-0.4, -0.2) is 94.8 Å². The molecule has 6 aromatic heterocycles. The summed E-state index contributed by atoms with van der Waals surface area (Å²) in [6, 6.07) is 25.7. The summed E-state index contributed by atoms with van der Waals surface area (Å²) < 4.78 is 51.7. The molecule has 0 spiro atoms. The maximum absolute atomic E-state index is 15.5. The fourth-order valence-corrected chi connectivity index (χ4v) is 9.73. The van der Waals surface area contributed by atoms with Crippen LogP contribution in [0.1, 0.15) is 98.4 Å². The molecule has 10 aromatic rings. The SMILES string of the molecule is CC(=O)OCc1c(-c2cc(Nc3ccc(OCC(C)(C)O)cn3)c(=O)n(C)n2)cccc1-n1ncc2cc(C(C)(C)C)cc(F)c2c1=O.Cn1nc(-c2cccc(-n3ncc4cc(C(C)(C)C)cc(F)c4c3=O)c2CO)cc(Nc2ccc(OCC(C)(C)O)cn2)c1=O. The minimum atomic E-state index is -1.02.